The summed E-state index contributed by atoms with van der Waals surface area (Å²) in [5.74, 6) is -5.90. The average Bonchev–Trinajstić information content (AvgIpc) is 2.63. The van der Waals surface area contributed by atoms with Crippen molar-refractivity contribution in [2.45, 2.75) is 18.8 Å². The normalized spacial score (nSPS) is 16.7. The number of ketones is 1. The van der Waals surface area contributed by atoms with Gasteiger partial charge in [-0.1, -0.05) is 11.6 Å². The number of amides is 1. The lowest BCUT2D eigenvalue weighted by molar-refractivity contribution is -0.121. The Labute approximate surface area is 174 Å². The van der Waals surface area contributed by atoms with Gasteiger partial charge < -0.3 is 9.64 Å². The Balaban J connectivity index is 1.42. The Morgan fingerprint density at radius 1 is 1.20 bits per heavy atom. The zero-order chi connectivity index (χ0) is 21.6. The van der Waals surface area contributed by atoms with Gasteiger partial charge in [0.2, 0.25) is 0 Å². The van der Waals surface area contributed by atoms with E-state index in [9.17, 15) is 27.2 Å². The van der Waals surface area contributed by atoms with Crippen LogP contribution in [0.4, 0.5) is 17.6 Å². The van der Waals surface area contributed by atoms with Crippen molar-refractivity contribution >= 4 is 23.3 Å². The summed E-state index contributed by atoms with van der Waals surface area (Å²) in [4.78, 5) is 25.4. The minimum atomic E-state index is -3.29. The molecule has 1 amide bonds. The lowest BCUT2D eigenvalue weighted by atomic mass is 9.89. The molecule has 158 valence electrons. The van der Waals surface area contributed by atoms with Crippen LogP contribution in [0.1, 0.15) is 27.9 Å². The fourth-order valence-corrected chi connectivity index (χ4v) is 4.06. The second-order valence-corrected chi connectivity index (χ2v) is 7.96. The number of alkyl halides is 2. The molecule has 0 spiro atoms. The number of Topliss-reactive ketones (excluding diaryl/α,β-unsaturated/α-hetero) is 1. The highest BCUT2D eigenvalue weighted by Gasteiger charge is 2.42. The molecule has 2 aliphatic heterocycles. The first-order valence-electron chi connectivity index (χ1n) is 9.23. The fraction of sp³-hybridized carbons (Fsp3) is 0.333. The Morgan fingerprint density at radius 2 is 1.93 bits per heavy atom. The molecule has 0 saturated carbocycles. The number of carbonyl (C=O) groups excluding carboxylic acids is 2. The number of fused-ring (bicyclic) bond motifs is 1. The number of benzene rings is 2. The van der Waals surface area contributed by atoms with Crippen molar-refractivity contribution in [1.29, 1.82) is 0 Å². The van der Waals surface area contributed by atoms with Crippen LogP contribution in [0.25, 0.3) is 0 Å². The zero-order valence-electron chi connectivity index (χ0n) is 15.6. The van der Waals surface area contributed by atoms with Crippen molar-refractivity contribution in [3.05, 3.63) is 63.7 Å². The van der Waals surface area contributed by atoms with Crippen molar-refractivity contribution < 1.29 is 31.9 Å². The molecule has 1 fully saturated rings. The van der Waals surface area contributed by atoms with Crippen molar-refractivity contribution in [1.82, 2.24) is 4.90 Å². The first kappa shape index (κ1) is 20.7. The lowest BCUT2D eigenvalue weighted by Gasteiger charge is -2.41. The summed E-state index contributed by atoms with van der Waals surface area (Å²) < 4.78 is 61.7. The maximum absolute atomic E-state index is 14.5. The Kier molecular flexibility index (Phi) is 5.22. The maximum atomic E-state index is 14.5. The minimum absolute atomic E-state index is 0.0270. The molecule has 0 atom stereocenters. The highest BCUT2D eigenvalue weighted by molar-refractivity contribution is 6.31. The summed E-state index contributed by atoms with van der Waals surface area (Å²) in [6, 6.07) is 5.04. The average molecular weight is 442 g/mol. The van der Waals surface area contributed by atoms with E-state index >= 15 is 0 Å². The highest BCUT2D eigenvalue weighted by Crippen LogP contribution is 2.41. The van der Waals surface area contributed by atoms with Crippen molar-refractivity contribution in [3.63, 3.8) is 0 Å². The number of halogens is 5. The highest BCUT2D eigenvalue weighted by atomic mass is 35.5. The third-order valence-corrected chi connectivity index (χ3v) is 5.58. The van der Waals surface area contributed by atoms with Crippen LogP contribution in [0.2, 0.25) is 5.02 Å². The molecular weight excluding hydrogens is 426 g/mol. The molecule has 0 aromatic heterocycles. The summed E-state index contributed by atoms with van der Waals surface area (Å²) in [6.45, 7) is -0.0851. The number of rotatable bonds is 4. The number of likely N-dealkylation sites (tertiary alicyclic amines) is 1. The van der Waals surface area contributed by atoms with Gasteiger partial charge in [-0.15, -0.1) is 0 Å². The van der Waals surface area contributed by atoms with Crippen LogP contribution in [-0.2, 0) is 17.1 Å². The van der Waals surface area contributed by atoms with Crippen LogP contribution in [0, 0.1) is 17.6 Å². The van der Waals surface area contributed by atoms with Gasteiger partial charge in [0.15, 0.2) is 5.78 Å². The van der Waals surface area contributed by atoms with Gasteiger partial charge in [0.1, 0.15) is 24.0 Å². The molecule has 2 aromatic rings. The monoisotopic (exact) mass is 441 g/mol. The molecule has 2 aliphatic rings. The molecule has 2 heterocycles. The topological polar surface area (TPSA) is 46.6 Å². The van der Waals surface area contributed by atoms with Gasteiger partial charge in [-0.25, -0.2) is 17.6 Å². The number of ether oxygens (including phenoxy) is 1. The van der Waals surface area contributed by atoms with E-state index in [1.54, 1.807) is 0 Å². The van der Waals surface area contributed by atoms with E-state index in [-0.39, 0.29) is 48.2 Å². The zero-order valence-corrected chi connectivity index (χ0v) is 16.3. The molecule has 4 nitrogen and oxygen atoms in total. The largest absolute Gasteiger partial charge is 0.485 e. The van der Waals surface area contributed by atoms with Crippen molar-refractivity contribution in [3.8, 4) is 5.75 Å². The Bertz CT molecular complexity index is 1040. The van der Waals surface area contributed by atoms with E-state index in [1.807, 2.05) is 0 Å². The first-order valence-corrected chi connectivity index (χ1v) is 9.61. The van der Waals surface area contributed by atoms with E-state index in [4.69, 9.17) is 16.3 Å². The Morgan fingerprint density at radius 3 is 2.63 bits per heavy atom. The third-order valence-electron chi connectivity index (χ3n) is 5.27. The van der Waals surface area contributed by atoms with E-state index in [0.29, 0.717) is 5.56 Å². The van der Waals surface area contributed by atoms with Gasteiger partial charge in [-0.2, -0.15) is 0 Å². The quantitative estimate of drug-likeness (QED) is 0.662. The molecule has 9 heteroatoms. The first-order chi connectivity index (χ1) is 14.1. The van der Waals surface area contributed by atoms with Crippen molar-refractivity contribution in [2.75, 3.05) is 19.7 Å². The lowest BCUT2D eigenvalue weighted by Crippen LogP contribution is -2.51. The summed E-state index contributed by atoms with van der Waals surface area (Å²) in [5.41, 5.74) is -0.273. The summed E-state index contributed by atoms with van der Waals surface area (Å²) in [5, 5.41) is -0.361. The van der Waals surface area contributed by atoms with Crippen LogP contribution in [0.3, 0.4) is 0 Å². The molecule has 0 aliphatic carbocycles. The molecule has 0 bridgehead atoms. The second kappa shape index (κ2) is 7.58. The maximum Gasteiger partial charge on any atom is 0.275 e. The molecular formula is C21H16ClF4NO3. The van der Waals surface area contributed by atoms with Gasteiger partial charge in [0.25, 0.3) is 11.8 Å². The summed E-state index contributed by atoms with van der Waals surface area (Å²) in [6.07, 6.45) is -0.527. The SMILES string of the molecule is O=C1COc2cc(F)c(C(=O)N3CC(CC(F)(F)c4ccc(F)cc4Cl)C3)cc2C1. The van der Waals surface area contributed by atoms with Gasteiger partial charge in [-0.3, -0.25) is 9.59 Å². The van der Waals surface area contributed by atoms with E-state index in [0.717, 1.165) is 24.3 Å². The number of nitrogens with zero attached hydrogens (tertiary/aromatic N) is 1. The molecule has 4 rings (SSSR count). The third kappa shape index (κ3) is 3.88. The van der Waals surface area contributed by atoms with Crippen LogP contribution in [-0.4, -0.2) is 36.3 Å². The molecule has 1 saturated heterocycles. The summed E-state index contributed by atoms with van der Waals surface area (Å²) >= 11 is 5.74. The van der Waals surface area contributed by atoms with E-state index < -0.39 is 41.4 Å². The van der Waals surface area contributed by atoms with E-state index in [2.05, 4.69) is 0 Å². The standard InChI is InChI=1S/C21H16ClF4NO3/c22-17-5-13(23)1-2-16(17)21(25,26)7-11-8-27(9-11)20(29)15-4-12-3-14(28)10-30-19(12)6-18(15)24/h1-2,4-6,11H,3,7-10H2. The van der Waals surface area contributed by atoms with Crippen molar-refractivity contribution in [2.24, 2.45) is 5.92 Å². The molecule has 0 radical (unpaired) electrons. The molecule has 30 heavy (non-hydrogen) atoms. The van der Waals surface area contributed by atoms with Gasteiger partial charge in [0.05, 0.1) is 10.6 Å². The van der Waals surface area contributed by atoms with E-state index in [1.165, 1.54) is 11.0 Å². The fourth-order valence-electron chi connectivity index (χ4n) is 3.75. The molecule has 2 aromatic carbocycles. The molecule has 0 N–H and O–H groups in total. The van der Waals surface area contributed by atoms with Gasteiger partial charge in [0, 0.05) is 49.0 Å². The van der Waals surface area contributed by atoms with Crippen LogP contribution in [0.5, 0.6) is 5.75 Å². The molecule has 0 unspecified atom stereocenters. The Hall–Kier alpha value is -2.61. The van der Waals surface area contributed by atoms with Crippen LogP contribution in [0.15, 0.2) is 30.3 Å². The van der Waals surface area contributed by atoms with Crippen LogP contribution < -0.4 is 4.74 Å². The summed E-state index contributed by atoms with van der Waals surface area (Å²) in [7, 11) is 0. The number of hydrogen-bond donors (Lipinski definition) is 0. The number of carbonyl (C=O) groups is 2. The predicted octanol–water partition coefficient (Wildman–Crippen LogP) is 4.38. The second-order valence-electron chi connectivity index (χ2n) is 7.55. The predicted molar refractivity (Wildman–Crippen MR) is 99.9 cm³/mol. The smallest absolute Gasteiger partial charge is 0.275 e. The number of hydrogen-bond acceptors (Lipinski definition) is 3. The van der Waals surface area contributed by atoms with Crippen LogP contribution >= 0.6 is 11.6 Å². The van der Waals surface area contributed by atoms with Gasteiger partial charge >= 0.3 is 0 Å². The van der Waals surface area contributed by atoms with Gasteiger partial charge in [-0.05, 0) is 24.3 Å². The minimum Gasteiger partial charge on any atom is -0.485 e.